The Bertz CT molecular complexity index is 730. The number of benzene rings is 1. The summed E-state index contributed by atoms with van der Waals surface area (Å²) in [5, 5.41) is 20.9. The van der Waals surface area contributed by atoms with Crippen molar-refractivity contribution in [3.63, 3.8) is 0 Å². The van der Waals surface area contributed by atoms with Crippen molar-refractivity contribution in [1.82, 2.24) is 0 Å². The van der Waals surface area contributed by atoms with Gasteiger partial charge in [0.05, 0.1) is 18.8 Å². The number of hydrogen-bond acceptors (Lipinski definition) is 4. The van der Waals surface area contributed by atoms with E-state index in [1.165, 1.54) is 0 Å². The predicted molar refractivity (Wildman–Crippen MR) is 106 cm³/mol. The number of para-hydroxylation sites is 1. The van der Waals surface area contributed by atoms with E-state index in [1.54, 1.807) is 6.92 Å². The second-order valence-corrected chi connectivity index (χ2v) is 7.57. The average molecular weight is 370 g/mol. The van der Waals surface area contributed by atoms with E-state index in [4.69, 9.17) is 9.47 Å². The Morgan fingerprint density at radius 3 is 2.96 bits per heavy atom. The van der Waals surface area contributed by atoms with Crippen molar-refractivity contribution in [3.8, 4) is 23.3 Å². The number of rotatable bonds is 7. The zero-order valence-electron chi connectivity index (χ0n) is 16.4. The summed E-state index contributed by atoms with van der Waals surface area (Å²) in [6.45, 7) is 6.53. The first kappa shape index (κ1) is 19.8. The molecule has 1 heterocycles. The fourth-order valence-corrected chi connectivity index (χ4v) is 4.02. The Morgan fingerprint density at radius 1 is 1.41 bits per heavy atom. The third kappa shape index (κ3) is 4.15. The molecule has 0 bridgehead atoms. The van der Waals surface area contributed by atoms with Gasteiger partial charge in [0.1, 0.15) is 6.10 Å². The average Bonchev–Trinajstić information content (AvgIpc) is 3.17. The van der Waals surface area contributed by atoms with Crippen molar-refractivity contribution < 1.29 is 19.7 Å². The molecule has 3 rings (SSSR count). The second-order valence-electron chi connectivity index (χ2n) is 7.57. The minimum Gasteiger partial charge on any atom is -0.490 e. The van der Waals surface area contributed by atoms with Gasteiger partial charge in [-0.1, -0.05) is 38.1 Å². The first-order chi connectivity index (χ1) is 13.1. The van der Waals surface area contributed by atoms with E-state index in [9.17, 15) is 10.2 Å². The summed E-state index contributed by atoms with van der Waals surface area (Å²) >= 11 is 0. The monoisotopic (exact) mass is 370 g/mol. The van der Waals surface area contributed by atoms with E-state index in [0.717, 1.165) is 23.5 Å². The maximum Gasteiger partial charge on any atom is 0.165 e. The molecule has 6 atom stereocenters. The van der Waals surface area contributed by atoms with E-state index in [0.29, 0.717) is 19.4 Å². The van der Waals surface area contributed by atoms with Gasteiger partial charge in [-0.15, -0.1) is 11.8 Å². The molecule has 0 spiro atoms. The van der Waals surface area contributed by atoms with Crippen molar-refractivity contribution in [2.24, 2.45) is 11.8 Å². The van der Waals surface area contributed by atoms with E-state index in [2.05, 4.69) is 24.8 Å². The topological polar surface area (TPSA) is 58.9 Å². The molecule has 0 radical (unpaired) electrons. The van der Waals surface area contributed by atoms with Gasteiger partial charge in [-0.25, -0.2) is 0 Å². The largest absolute Gasteiger partial charge is 0.490 e. The molecule has 0 amide bonds. The van der Waals surface area contributed by atoms with Gasteiger partial charge >= 0.3 is 0 Å². The lowest BCUT2D eigenvalue weighted by Crippen LogP contribution is -2.19. The molecular formula is C23H30O4. The molecule has 2 N–H and O–H groups in total. The van der Waals surface area contributed by atoms with Gasteiger partial charge in [-0.2, -0.15) is 0 Å². The SMILES string of the molecule is CC#CC[C@@H](C)[C@H](O)C=C[C@@H]1[C@H]2c3cccc(OCCC)c3O[C@H]2C[C@H]1O. The third-order valence-corrected chi connectivity index (χ3v) is 5.55. The fourth-order valence-electron chi connectivity index (χ4n) is 4.02. The molecule has 0 aromatic heterocycles. The number of aliphatic hydroxyl groups excluding tert-OH is 2. The predicted octanol–water partition coefficient (Wildman–Crippen LogP) is 3.67. The first-order valence-electron chi connectivity index (χ1n) is 9.93. The van der Waals surface area contributed by atoms with Gasteiger partial charge in [0.2, 0.25) is 0 Å². The van der Waals surface area contributed by atoms with Crippen LogP contribution >= 0.6 is 0 Å². The van der Waals surface area contributed by atoms with Crippen molar-refractivity contribution >= 4 is 0 Å². The highest BCUT2D eigenvalue weighted by molar-refractivity contribution is 5.53. The Labute approximate surface area is 162 Å². The highest BCUT2D eigenvalue weighted by atomic mass is 16.5. The van der Waals surface area contributed by atoms with E-state index in [-0.39, 0.29) is 23.9 Å². The van der Waals surface area contributed by atoms with Crippen molar-refractivity contribution in [2.75, 3.05) is 6.61 Å². The summed E-state index contributed by atoms with van der Waals surface area (Å²) in [6, 6.07) is 5.99. The van der Waals surface area contributed by atoms with E-state index < -0.39 is 12.2 Å². The van der Waals surface area contributed by atoms with Crippen LogP contribution in [0.3, 0.4) is 0 Å². The molecule has 2 aliphatic rings. The Kier molecular flexibility index (Phi) is 6.46. The van der Waals surface area contributed by atoms with Crippen LogP contribution in [0.1, 0.15) is 51.5 Å². The van der Waals surface area contributed by atoms with Crippen LogP contribution in [0.15, 0.2) is 30.4 Å². The molecule has 4 heteroatoms. The molecule has 1 aromatic rings. The fraction of sp³-hybridized carbons (Fsp3) is 0.565. The summed E-state index contributed by atoms with van der Waals surface area (Å²) in [5.41, 5.74) is 1.10. The molecule has 1 saturated carbocycles. The van der Waals surface area contributed by atoms with Crippen molar-refractivity contribution in [1.29, 1.82) is 0 Å². The maximum atomic E-state index is 10.6. The zero-order valence-corrected chi connectivity index (χ0v) is 16.4. The minimum absolute atomic E-state index is 0.0449. The number of ether oxygens (including phenoxy) is 2. The zero-order chi connectivity index (χ0) is 19.4. The number of hydrogen-bond donors (Lipinski definition) is 2. The van der Waals surface area contributed by atoms with Gasteiger partial charge in [0, 0.05) is 30.2 Å². The van der Waals surface area contributed by atoms with Crippen LogP contribution in [0.25, 0.3) is 0 Å². The van der Waals surface area contributed by atoms with Crippen molar-refractivity contribution in [2.45, 2.75) is 64.3 Å². The minimum atomic E-state index is -0.571. The van der Waals surface area contributed by atoms with Crippen LogP contribution in [0, 0.1) is 23.7 Å². The maximum absolute atomic E-state index is 10.6. The Morgan fingerprint density at radius 2 is 2.22 bits per heavy atom. The molecule has 4 nitrogen and oxygen atoms in total. The summed E-state index contributed by atoms with van der Waals surface area (Å²) in [5.74, 6) is 7.56. The molecule has 27 heavy (non-hydrogen) atoms. The van der Waals surface area contributed by atoms with Crippen LogP contribution in [0.5, 0.6) is 11.5 Å². The third-order valence-electron chi connectivity index (χ3n) is 5.55. The van der Waals surface area contributed by atoms with Crippen molar-refractivity contribution in [3.05, 3.63) is 35.9 Å². The van der Waals surface area contributed by atoms with Crippen LogP contribution in [-0.4, -0.2) is 35.1 Å². The Balaban J connectivity index is 1.77. The summed E-state index contributed by atoms with van der Waals surface area (Å²) in [7, 11) is 0. The molecule has 146 valence electrons. The summed E-state index contributed by atoms with van der Waals surface area (Å²) in [4.78, 5) is 0. The van der Waals surface area contributed by atoms with Gasteiger partial charge < -0.3 is 19.7 Å². The van der Waals surface area contributed by atoms with E-state index >= 15 is 0 Å². The molecule has 1 aliphatic heterocycles. The lowest BCUT2D eigenvalue weighted by Gasteiger charge is -2.19. The molecular weight excluding hydrogens is 340 g/mol. The van der Waals surface area contributed by atoms with Crippen LogP contribution in [-0.2, 0) is 0 Å². The molecule has 1 aliphatic carbocycles. The highest BCUT2D eigenvalue weighted by Gasteiger charge is 2.49. The standard InChI is InChI=1S/C23H30O4/c1-4-6-8-15(3)18(24)12-11-16-19(25)14-21-22(16)17-9-7-10-20(23(17)27-21)26-13-5-2/h7,9-12,15-16,18-19,21-22,24-25H,5,8,13-14H2,1-3H3/t15-,16+,18-,19-,21+,22+/m1/s1. The van der Waals surface area contributed by atoms with Gasteiger partial charge in [0.15, 0.2) is 11.5 Å². The van der Waals surface area contributed by atoms with Crippen LogP contribution < -0.4 is 9.47 Å². The normalized spacial score (nSPS) is 28.0. The second kappa shape index (κ2) is 8.82. The first-order valence-corrected chi connectivity index (χ1v) is 9.93. The van der Waals surface area contributed by atoms with Gasteiger partial charge in [-0.05, 0) is 25.3 Å². The molecule has 0 saturated heterocycles. The van der Waals surface area contributed by atoms with Gasteiger partial charge in [0.25, 0.3) is 0 Å². The van der Waals surface area contributed by atoms with Crippen LogP contribution in [0.4, 0.5) is 0 Å². The quantitative estimate of drug-likeness (QED) is 0.568. The van der Waals surface area contributed by atoms with Crippen LogP contribution in [0.2, 0.25) is 0 Å². The molecule has 1 fully saturated rings. The summed E-state index contributed by atoms with van der Waals surface area (Å²) in [6.07, 6.45) is 4.89. The van der Waals surface area contributed by atoms with E-state index in [1.807, 2.05) is 31.2 Å². The number of aliphatic hydroxyl groups is 2. The Hall–Kier alpha value is -1.96. The lowest BCUT2D eigenvalue weighted by atomic mass is 9.87. The number of fused-ring (bicyclic) bond motifs is 3. The highest BCUT2D eigenvalue weighted by Crippen LogP contribution is 2.53. The molecule has 0 unspecified atom stereocenters. The smallest absolute Gasteiger partial charge is 0.165 e. The lowest BCUT2D eigenvalue weighted by molar-refractivity contribution is 0.133. The van der Waals surface area contributed by atoms with Gasteiger partial charge in [-0.3, -0.25) is 0 Å². The molecule has 1 aromatic carbocycles. The summed E-state index contributed by atoms with van der Waals surface area (Å²) < 4.78 is 12.0.